The first-order valence-corrected chi connectivity index (χ1v) is 10.3. The maximum atomic E-state index is 13.1. The molecule has 0 aliphatic carbocycles. The summed E-state index contributed by atoms with van der Waals surface area (Å²) in [6, 6.07) is 8.62. The normalized spacial score (nSPS) is 18.2. The Hall–Kier alpha value is -4.01. The Morgan fingerprint density at radius 2 is 2.06 bits per heavy atom. The largest absolute Gasteiger partial charge is 0.364 e. The third kappa shape index (κ3) is 3.05. The summed E-state index contributed by atoms with van der Waals surface area (Å²) in [4.78, 5) is 54.3. The first-order valence-electron chi connectivity index (χ1n) is 10.3. The lowest BCUT2D eigenvalue weighted by Crippen LogP contribution is -2.52. The molecule has 2 aliphatic rings. The number of carbonyl (C=O) groups excluding carboxylic acids is 4. The minimum atomic E-state index is -0.653. The van der Waals surface area contributed by atoms with E-state index in [0.29, 0.717) is 24.9 Å². The summed E-state index contributed by atoms with van der Waals surface area (Å²) in [5, 5.41) is 3.25. The van der Waals surface area contributed by atoms with E-state index < -0.39 is 17.9 Å². The SMILES string of the molecule is Cn1c(Cc2cccnc2C(N)=O)cc2c3c(ccc21)C(=O)N(C1CCC(=O)NC1=O)C3. The van der Waals surface area contributed by atoms with Crippen molar-refractivity contribution in [3.05, 3.63) is 64.6 Å². The molecule has 0 saturated carbocycles. The van der Waals surface area contributed by atoms with Crippen LogP contribution in [0.1, 0.15) is 50.5 Å². The first-order chi connectivity index (χ1) is 15.3. The molecule has 0 bridgehead atoms. The molecule has 3 N–H and O–H groups in total. The third-order valence-electron chi connectivity index (χ3n) is 6.34. The van der Waals surface area contributed by atoms with Gasteiger partial charge in [0.25, 0.3) is 11.8 Å². The number of carbonyl (C=O) groups is 4. The van der Waals surface area contributed by atoms with E-state index in [1.165, 1.54) is 6.20 Å². The predicted molar refractivity (Wildman–Crippen MR) is 115 cm³/mol. The number of rotatable bonds is 4. The zero-order chi connectivity index (χ0) is 22.6. The fraction of sp³-hybridized carbons (Fsp3) is 0.261. The van der Waals surface area contributed by atoms with Crippen LogP contribution in [0.3, 0.4) is 0 Å². The lowest BCUT2D eigenvalue weighted by atomic mass is 10.0. The van der Waals surface area contributed by atoms with Crippen LogP contribution in [0.5, 0.6) is 0 Å². The van der Waals surface area contributed by atoms with Gasteiger partial charge in [-0.25, -0.2) is 0 Å². The van der Waals surface area contributed by atoms with E-state index >= 15 is 0 Å². The topological polar surface area (TPSA) is 127 Å². The molecule has 0 spiro atoms. The Morgan fingerprint density at radius 3 is 2.81 bits per heavy atom. The highest BCUT2D eigenvalue weighted by Crippen LogP contribution is 2.34. The number of hydrogen-bond acceptors (Lipinski definition) is 5. The standard InChI is InChI=1S/C23H21N5O4/c1-27-13(9-12-3-2-8-25-20(12)21(24)30)10-15-16-11-28(18-6-7-19(29)26-22(18)31)23(32)14(16)4-5-17(15)27/h2-5,8,10,18H,6-7,9,11H2,1H3,(H2,24,30)(H,26,29,31). The van der Waals surface area contributed by atoms with Crippen LogP contribution >= 0.6 is 0 Å². The molecule has 4 heterocycles. The summed E-state index contributed by atoms with van der Waals surface area (Å²) in [7, 11) is 1.93. The second-order valence-electron chi connectivity index (χ2n) is 8.17. The number of fused-ring (bicyclic) bond motifs is 3. The van der Waals surface area contributed by atoms with Crippen molar-refractivity contribution >= 4 is 34.5 Å². The van der Waals surface area contributed by atoms with Gasteiger partial charge in [0, 0.05) is 54.8 Å². The predicted octanol–water partition coefficient (Wildman–Crippen LogP) is 1.02. The zero-order valence-electron chi connectivity index (χ0n) is 17.4. The Bertz CT molecular complexity index is 1330. The number of piperidine rings is 1. The Labute approximate surface area is 183 Å². The van der Waals surface area contributed by atoms with Gasteiger partial charge in [-0.3, -0.25) is 29.5 Å². The van der Waals surface area contributed by atoms with Gasteiger partial charge in [-0.05, 0) is 41.8 Å². The lowest BCUT2D eigenvalue weighted by molar-refractivity contribution is -0.136. The fourth-order valence-corrected chi connectivity index (χ4v) is 4.69. The lowest BCUT2D eigenvalue weighted by Gasteiger charge is -2.29. The van der Waals surface area contributed by atoms with Crippen LogP contribution in [-0.2, 0) is 29.6 Å². The molecule has 2 aromatic heterocycles. The van der Waals surface area contributed by atoms with Crippen molar-refractivity contribution < 1.29 is 19.2 Å². The van der Waals surface area contributed by atoms with Gasteiger partial charge < -0.3 is 15.2 Å². The molecule has 1 atom stereocenters. The second kappa shape index (κ2) is 7.30. The number of benzene rings is 1. The van der Waals surface area contributed by atoms with E-state index in [-0.39, 0.29) is 23.9 Å². The van der Waals surface area contributed by atoms with Crippen LogP contribution in [0.2, 0.25) is 0 Å². The highest BCUT2D eigenvalue weighted by Gasteiger charge is 2.39. The first kappa shape index (κ1) is 19.9. The zero-order valence-corrected chi connectivity index (χ0v) is 17.4. The Balaban J connectivity index is 1.52. The van der Waals surface area contributed by atoms with Gasteiger partial charge in [0.15, 0.2) is 0 Å². The van der Waals surface area contributed by atoms with Crippen LogP contribution in [-0.4, -0.2) is 44.1 Å². The number of pyridine rings is 1. The van der Waals surface area contributed by atoms with Gasteiger partial charge in [-0.15, -0.1) is 0 Å². The van der Waals surface area contributed by atoms with E-state index in [1.807, 2.05) is 29.8 Å². The van der Waals surface area contributed by atoms with Gasteiger partial charge in [-0.2, -0.15) is 0 Å². The number of amides is 4. The van der Waals surface area contributed by atoms with Crippen molar-refractivity contribution in [1.82, 2.24) is 19.8 Å². The number of aryl methyl sites for hydroxylation is 1. The van der Waals surface area contributed by atoms with Crippen molar-refractivity contribution in [3.8, 4) is 0 Å². The molecule has 32 heavy (non-hydrogen) atoms. The second-order valence-corrected chi connectivity index (χ2v) is 8.17. The van der Waals surface area contributed by atoms with Crippen molar-refractivity contribution in [1.29, 1.82) is 0 Å². The Morgan fingerprint density at radius 1 is 1.25 bits per heavy atom. The van der Waals surface area contributed by atoms with E-state index in [1.54, 1.807) is 17.0 Å². The molecule has 0 radical (unpaired) electrons. The summed E-state index contributed by atoms with van der Waals surface area (Å²) in [6.45, 7) is 0.306. The number of nitrogens with one attached hydrogen (secondary N) is 1. The number of hydrogen-bond donors (Lipinski definition) is 2. The average molecular weight is 431 g/mol. The van der Waals surface area contributed by atoms with Crippen LogP contribution < -0.4 is 11.1 Å². The highest BCUT2D eigenvalue weighted by atomic mass is 16.2. The van der Waals surface area contributed by atoms with E-state index in [4.69, 9.17) is 5.73 Å². The van der Waals surface area contributed by atoms with Crippen LogP contribution in [0, 0.1) is 0 Å². The van der Waals surface area contributed by atoms with Crippen molar-refractivity contribution in [3.63, 3.8) is 0 Å². The number of nitrogens with zero attached hydrogens (tertiary/aromatic N) is 3. The molecule has 9 nitrogen and oxygen atoms in total. The molecule has 4 amide bonds. The van der Waals surface area contributed by atoms with Crippen molar-refractivity contribution in [2.75, 3.05) is 0 Å². The van der Waals surface area contributed by atoms with Gasteiger partial charge in [0.1, 0.15) is 11.7 Å². The molecule has 5 rings (SSSR count). The minimum absolute atomic E-state index is 0.204. The molecule has 3 aromatic rings. The van der Waals surface area contributed by atoms with Crippen LogP contribution in [0.15, 0.2) is 36.5 Å². The summed E-state index contributed by atoms with van der Waals surface area (Å²) in [6.07, 6.45) is 2.53. The van der Waals surface area contributed by atoms with Crippen molar-refractivity contribution in [2.24, 2.45) is 12.8 Å². The molecular formula is C23H21N5O4. The smallest absolute Gasteiger partial charge is 0.267 e. The molecular weight excluding hydrogens is 410 g/mol. The van der Waals surface area contributed by atoms with Gasteiger partial charge in [0.05, 0.1) is 0 Å². The molecule has 162 valence electrons. The maximum absolute atomic E-state index is 13.1. The number of primary amides is 1. The van der Waals surface area contributed by atoms with E-state index in [2.05, 4.69) is 10.3 Å². The molecule has 9 heteroatoms. The van der Waals surface area contributed by atoms with Crippen molar-refractivity contribution in [2.45, 2.75) is 31.8 Å². The number of imide groups is 1. The maximum Gasteiger partial charge on any atom is 0.267 e. The molecule has 1 unspecified atom stereocenters. The number of nitrogens with two attached hydrogens (primary N) is 1. The van der Waals surface area contributed by atoms with Gasteiger partial charge in [0.2, 0.25) is 11.8 Å². The van der Waals surface area contributed by atoms with E-state index in [9.17, 15) is 19.2 Å². The molecule has 2 aliphatic heterocycles. The molecule has 1 saturated heterocycles. The molecule has 1 fully saturated rings. The summed E-state index contributed by atoms with van der Waals surface area (Å²) >= 11 is 0. The van der Waals surface area contributed by atoms with Gasteiger partial charge in [-0.1, -0.05) is 6.07 Å². The summed E-state index contributed by atoms with van der Waals surface area (Å²) in [5.41, 5.74) is 9.75. The van der Waals surface area contributed by atoms with E-state index in [0.717, 1.165) is 27.7 Å². The van der Waals surface area contributed by atoms with Gasteiger partial charge >= 0.3 is 0 Å². The fourth-order valence-electron chi connectivity index (χ4n) is 4.69. The van der Waals surface area contributed by atoms with Crippen LogP contribution in [0.4, 0.5) is 0 Å². The third-order valence-corrected chi connectivity index (χ3v) is 6.34. The monoisotopic (exact) mass is 431 g/mol. The molecule has 1 aromatic carbocycles. The minimum Gasteiger partial charge on any atom is -0.364 e. The summed E-state index contributed by atoms with van der Waals surface area (Å²) in [5.74, 6) is -1.52. The quantitative estimate of drug-likeness (QED) is 0.597. The average Bonchev–Trinajstić information content (AvgIpc) is 3.26. The van der Waals surface area contributed by atoms with Crippen LogP contribution in [0.25, 0.3) is 10.9 Å². The Kier molecular flexibility index (Phi) is 4.54. The summed E-state index contributed by atoms with van der Waals surface area (Å²) < 4.78 is 2.02. The number of aromatic nitrogens is 2. The highest BCUT2D eigenvalue weighted by molar-refractivity contribution is 6.08.